The summed E-state index contributed by atoms with van der Waals surface area (Å²) in [6.45, 7) is 1.88. The number of amides is 1. The summed E-state index contributed by atoms with van der Waals surface area (Å²) in [6.07, 6.45) is 1.54. The molecule has 0 aliphatic heterocycles. The topological polar surface area (TPSA) is 77.8 Å². The Balaban J connectivity index is 1.79. The molecule has 2 heterocycles. The molecule has 3 rings (SSSR count). The molecule has 1 aromatic carbocycles. The van der Waals surface area contributed by atoms with Gasteiger partial charge in [0.1, 0.15) is 10.8 Å². The Bertz CT molecular complexity index is 925. The van der Waals surface area contributed by atoms with E-state index in [1.807, 2.05) is 19.1 Å². The molecule has 0 fully saturated rings. The molecule has 1 atom stereocenters. The average Bonchev–Trinajstić information content (AvgIpc) is 3.04. The normalized spacial score (nSPS) is 12.0. The number of methoxy groups -OCH3 is 2. The van der Waals surface area contributed by atoms with E-state index in [9.17, 15) is 4.79 Å². The van der Waals surface area contributed by atoms with Gasteiger partial charge in [0.25, 0.3) is 5.91 Å². The molecule has 1 N–H and O–H groups in total. The van der Waals surface area contributed by atoms with Gasteiger partial charge in [0.2, 0.25) is 0 Å². The molecule has 0 saturated carbocycles. The maximum Gasteiger partial charge on any atom is 0.272 e. The quantitative estimate of drug-likeness (QED) is 0.757. The van der Waals surface area contributed by atoms with Crippen LogP contribution in [0.4, 0.5) is 0 Å². The lowest BCUT2D eigenvalue weighted by molar-refractivity contribution is 0.0935. The van der Waals surface area contributed by atoms with Crippen LogP contribution < -0.4 is 14.8 Å². The Hall–Kier alpha value is -2.80. The number of rotatable bonds is 5. The second-order valence-electron chi connectivity index (χ2n) is 5.39. The molecule has 0 aliphatic carbocycles. The van der Waals surface area contributed by atoms with Crippen molar-refractivity contribution in [1.29, 1.82) is 0 Å². The maximum absolute atomic E-state index is 12.5. The van der Waals surface area contributed by atoms with E-state index in [2.05, 4.69) is 15.4 Å². The summed E-state index contributed by atoms with van der Waals surface area (Å²) in [5, 5.41) is 7.30. The SMILES string of the molecule is COc1ccc([C@H](C)NC(=O)c2cn3nc(Cl)ccc3n2)cc1OC. The van der Waals surface area contributed by atoms with Gasteiger partial charge >= 0.3 is 0 Å². The molecule has 0 saturated heterocycles. The van der Waals surface area contributed by atoms with Gasteiger partial charge in [0.15, 0.2) is 17.1 Å². The fourth-order valence-electron chi connectivity index (χ4n) is 2.44. The molecule has 1 amide bonds. The van der Waals surface area contributed by atoms with Gasteiger partial charge in [-0.3, -0.25) is 4.79 Å². The number of hydrogen-bond acceptors (Lipinski definition) is 5. The van der Waals surface area contributed by atoms with Crippen molar-refractivity contribution in [1.82, 2.24) is 19.9 Å². The molecule has 0 bridgehead atoms. The number of benzene rings is 1. The minimum atomic E-state index is -0.302. The summed E-state index contributed by atoms with van der Waals surface area (Å²) in [5.74, 6) is 0.935. The largest absolute Gasteiger partial charge is 0.493 e. The zero-order valence-corrected chi connectivity index (χ0v) is 14.7. The Morgan fingerprint density at radius 2 is 1.96 bits per heavy atom. The highest BCUT2D eigenvalue weighted by molar-refractivity contribution is 6.29. The van der Waals surface area contributed by atoms with Crippen LogP contribution in [0.2, 0.25) is 5.15 Å². The number of imidazole rings is 1. The second-order valence-corrected chi connectivity index (χ2v) is 5.78. The molecule has 0 unspecified atom stereocenters. The molecular formula is C17H17ClN4O3. The highest BCUT2D eigenvalue weighted by atomic mass is 35.5. The minimum Gasteiger partial charge on any atom is -0.493 e. The van der Waals surface area contributed by atoms with Crippen LogP contribution in [0.15, 0.2) is 36.5 Å². The van der Waals surface area contributed by atoms with E-state index in [-0.39, 0.29) is 17.6 Å². The average molecular weight is 361 g/mol. The Labute approximate surface area is 149 Å². The summed E-state index contributed by atoms with van der Waals surface area (Å²) in [6, 6.07) is 8.58. The zero-order chi connectivity index (χ0) is 18.0. The van der Waals surface area contributed by atoms with Crippen molar-refractivity contribution in [2.45, 2.75) is 13.0 Å². The number of nitrogens with zero attached hydrogens (tertiary/aromatic N) is 3. The van der Waals surface area contributed by atoms with Crippen LogP contribution in [0.1, 0.15) is 29.0 Å². The number of aromatic nitrogens is 3. The van der Waals surface area contributed by atoms with Gasteiger partial charge in [-0.1, -0.05) is 17.7 Å². The van der Waals surface area contributed by atoms with Crippen LogP contribution in [-0.2, 0) is 0 Å². The lowest BCUT2D eigenvalue weighted by Crippen LogP contribution is -2.26. The van der Waals surface area contributed by atoms with E-state index in [0.717, 1.165) is 5.56 Å². The van der Waals surface area contributed by atoms with Crippen molar-refractivity contribution in [3.8, 4) is 11.5 Å². The van der Waals surface area contributed by atoms with Crippen molar-refractivity contribution in [3.63, 3.8) is 0 Å². The summed E-state index contributed by atoms with van der Waals surface area (Å²) in [7, 11) is 3.14. The van der Waals surface area contributed by atoms with Gasteiger partial charge < -0.3 is 14.8 Å². The molecule has 8 heteroatoms. The fourth-order valence-corrected chi connectivity index (χ4v) is 2.59. The van der Waals surface area contributed by atoms with Crippen molar-refractivity contribution in [2.75, 3.05) is 14.2 Å². The molecule has 3 aromatic rings. The third-order valence-electron chi connectivity index (χ3n) is 3.78. The summed E-state index contributed by atoms with van der Waals surface area (Å²) >= 11 is 5.84. The first-order chi connectivity index (χ1) is 12.0. The number of nitrogens with one attached hydrogen (secondary N) is 1. The summed E-state index contributed by atoms with van der Waals surface area (Å²) in [5.41, 5.74) is 1.70. The third kappa shape index (κ3) is 3.51. The minimum absolute atomic E-state index is 0.242. The van der Waals surface area contributed by atoms with Crippen LogP contribution in [0.3, 0.4) is 0 Å². The predicted molar refractivity (Wildman–Crippen MR) is 93.4 cm³/mol. The first-order valence-electron chi connectivity index (χ1n) is 7.56. The Morgan fingerprint density at radius 1 is 1.20 bits per heavy atom. The third-order valence-corrected chi connectivity index (χ3v) is 3.98. The lowest BCUT2D eigenvalue weighted by Gasteiger charge is -2.16. The maximum atomic E-state index is 12.5. The van der Waals surface area contributed by atoms with Crippen molar-refractivity contribution in [2.24, 2.45) is 0 Å². The van der Waals surface area contributed by atoms with E-state index in [0.29, 0.717) is 22.3 Å². The molecule has 130 valence electrons. The van der Waals surface area contributed by atoms with Crippen LogP contribution in [-0.4, -0.2) is 34.7 Å². The van der Waals surface area contributed by atoms with Crippen molar-refractivity contribution in [3.05, 3.63) is 52.9 Å². The van der Waals surface area contributed by atoms with Crippen LogP contribution >= 0.6 is 11.6 Å². The smallest absolute Gasteiger partial charge is 0.272 e. The number of ether oxygens (including phenoxy) is 2. The van der Waals surface area contributed by atoms with Gasteiger partial charge in [-0.25, -0.2) is 9.50 Å². The van der Waals surface area contributed by atoms with Gasteiger partial charge in [-0.2, -0.15) is 5.10 Å². The Morgan fingerprint density at radius 3 is 2.68 bits per heavy atom. The summed E-state index contributed by atoms with van der Waals surface area (Å²) < 4.78 is 12.0. The monoisotopic (exact) mass is 360 g/mol. The molecule has 2 aromatic heterocycles. The molecule has 25 heavy (non-hydrogen) atoms. The predicted octanol–water partition coefficient (Wildman–Crippen LogP) is 2.89. The van der Waals surface area contributed by atoms with E-state index in [1.54, 1.807) is 32.4 Å². The van der Waals surface area contributed by atoms with E-state index in [1.165, 1.54) is 10.7 Å². The summed E-state index contributed by atoms with van der Waals surface area (Å²) in [4.78, 5) is 16.7. The number of hydrogen-bond donors (Lipinski definition) is 1. The molecule has 0 aliphatic rings. The van der Waals surface area contributed by atoms with Crippen LogP contribution in [0.5, 0.6) is 11.5 Å². The molecule has 0 spiro atoms. The van der Waals surface area contributed by atoms with Crippen molar-refractivity contribution >= 4 is 23.2 Å². The number of halogens is 1. The van der Waals surface area contributed by atoms with Gasteiger partial charge in [-0.05, 0) is 36.8 Å². The van der Waals surface area contributed by atoms with Crippen molar-refractivity contribution < 1.29 is 14.3 Å². The highest BCUT2D eigenvalue weighted by Gasteiger charge is 2.16. The van der Waals surface area contributed by atoms with Gasteiger partial charge in [-0.15, -0.1) is 0 Å². The zero-order valence-electron chi connectivity index (χ0n) is 14.0. The van der Waals surface area contributed by atoms with Gasteiger partial charge in [0, 0.05) is 0 Å². The van der Waals surface area contributed by atoms with Gasteiger partial charge in [0.05, 0.1) is 26.5 Å². The van der Waals surface area contributed by atoms with Crippen LogP contribution in [0.25, 0.3) is 5.65 Å². The Kier molecular flexibility index (Phi) is 4.76. The first-order valence-corrected chi connectivity index (χ1v) is 7.94. The second kappa shape index (κ2) is 6.98. The van der Waals surface area contributed by atoms with E-state index < -0.39 is 0 Å². The number of fused-ring (bicyclic) bond motifs is 1. The molecule has 0 radical (unpaired) electrons. The highest BCUT2D eigenvalue weighted by Crippen LogP contribution is 2.29. The number of carbonyl (C=O) groups excluding carboxylic acids is 1. The number of carbonyl (C=O) groups is 1. The fraction of sp³-hybridized carbons (Fsp3) is 0.235. The lowest BCUT2D eigenvalue weighted by atomic mass is 10.1. The molecular weight excluding hydrogens is 344 g/mol. The van der Waals surface area contributed by atoms with E-state index in [4.69, 9.17) is 21.1 Å². The molecule has 7 nitrogen and oxygen atoms in total. The van der Waals surface area contributed by atoms with E-state index >= 15 is 0 Å². The first kappa shape index (κ1) is 17.0. The standard InChI is InChI=1S/C17H17ClN4O3/c1-10(11-4-5-13(24-2)14(8-11)25-3)19-17(23)12-9-22-16(20-12)7-6-15(18)21-22/h4-10H,1-3H3,(H,19,23)/t10-/m0/s1. The van der Waals surface area contributed by atoms with Crippen LogP contribution in [0, 0.1) is 0 Å².